The number of aliphatic imine (C=N–C) groups is 1. The number of fused-ring (bicyclic) bond motifs is 2. The molecular formula is C24H36IN7. The van der Waals surface area contributed by atoms with Gasteiger partial charge in [0.2, 0.25) is 0 Å². The molecule has 2 heterocycles. The van der Waals surface area contributed by atoms with Gasteiger partial charge in [-0.3, -0.25) is 4.90 Å². The zero-order chi connectivity index (χ0) is 21.2. The van der Waals surface area contributed by atoms with Gasteiger partial charge in [-0.1, -0.05) is 36.8 Å². The average molecular weight is 550 g/mol. The van der Waals surface area contributed by atoms with Crippen LogP contribution in [0, 0.1) is 18.8 Å². The summed E-state index contributed by atoms with van der Waals surface area (Å²) >= 11 is 0. The lowest BCUT2D eigenvalue weighted by Crippen LogP contribution is -2.55. The van der Waals surface area contributed by atoms with Crippen molar-refractivity contribution in [3.05, 3.63) is 47.5 Å². The van der Waals surface area contributed by atoms with Crippen LogP contribution in [-0.2, 0) is 20.1 Å². The molecule has 1 saturated heterocycles. The molecule has 1 aromatic carbocycles. The largest absolute Gasteiger partial charge is 0.349 e. The fraction of sp³-hybridized carbons (Fsp3) is 0.625. The first-order chi connectivity index (χ1) is 15.2. The van der Waals surface area contributed by atoms with Gasteiger partial charge in [0, 0.05) is 39.3 Å². The summed E-state index contributed by atoms with van der Waals surface area (Å²) in [7, 11) is 2.02. The van der Waals surface area contributed by atoms with Crippen molar-refractivity contribution in [3.8, 4) is 0 Å². The Morgan fingerprint density at radius 2 is 1.84 bits per heavy atom. The Morgan fingerprint density at radius 3 is 2.47 bits per heavy atom. The highest BCUT2D eigenvalue weighted by molar-refractivity contribution is 14.0. The fourth-order valence-electron chi connectivity index (χ4n) is 5.70. The number of halogens is 1. The van der Waals surface area contributed by atoms with Crippen molar-refractivity contribution in [2.24, 2.45) is 23.9 Å². The summed E-state index contributed by atoms with van der Waals surface area (Å²) in [4.78, 5) is 10.2. The maximum absolute atomic E-state index is 4.99. The predicted octanol–water partition coefficient (Wildman–Crippen LogP) is 3.19. The van der Waals surface area contributed by atoms with Gasteiger partial charge in [-0.15, -0.1) is 34.2 Å². The highest BCUT2D eigenvalue weighted by Crippen LogP contribution is 2.46. The van der Waals surface area contributed by atoms with Crippen LogP contribution >= 0.6 is 24.0 Å². The minimum atomic E-state index is 0. The van der Waals surface area contributed by atoms with E-state index in [1.165, 1.54) is 31.2 Å². The summed E-state index contributed by atoms with van der Waals surface area (Å²) in [6.45, 7) is 7.66. The number of nitrogens with one attached hydrogen (secondary N) is 1. The Hall–Kier alpha value is -1.68. The normalized spacial score (nSPS) is 25.8. The summed E-state index contributed by atoms with van der Waals surface area (Å²) in [5.41, 5.74) is 1.23. The van der Waals surface area contributed by atoms with Gasteiger partial charge in [0.25, 0.3) is 0 Å². The standard InChI is InChI=1S/C24H35N7.HI/c1-18-27-28-23(29(18)2)17-26-24(25-16-19-6-4-3-5-7-19)31-12-10-30(11-13-31)22-15-20-8-9-21(22)14-20;/h3-7,20-22H,8-17H2,1-2H3,(H,25,26);1H. The molecule has 5 rings (SSSR count). The molecule has 2 bridgehead atoms. The maximum Gasteiger partial charge on any atom is 0.194 e. The molecular weight excluding hydrogens is 513 g/mol. The van der Waals surface area contributed by atoms with Crippen molar-refractivity contribution in [1.29, 1.82) is 0 Å². The molecule has 3 aliphatic rings. The lowest BCUT2D eigenvalue weighted by molar-refractivity contribution is 0.0957. The number of hydrogen-bond acceptors (Lipinski definition) is 4. The number of nitrogens with zero attached hydrogens (tertiary/aromatic N) is 6. The number of hydrogen-bond donors (Lipinski definition) is 1. The second-order valence-corrected chi connectivity index (χ2v) is 9.47. The van der Waals surface area contributed by atoms with Crippen molar-refractivity contribution >= 4 is 29.9 Å². The molecule has 0 amide bonds. The van der Waals surface area contributed by atoms with Crippen LogP contribution in [0.1, 0.15) is 42.9 Å². The van der Waals surface area contributed by atoms with E-state index in [1.54, 1.807) is 0 Å². The molecule has 3 unspecified atom stereocenters. The van der Waals surface area contributed by atoms with Crippen LogP contribution in [0.2, 0.25) is 0 Å². The summed E-state index contributed by atoms with van der Waals surface area (Å²) < 4.78 is 2.04. The van der Waals surface area contributed by atoms with Gasteiger partial charge >= 0.3 is 0 Å². The molecule has 1 N–H and O–H groups in total. The lowest BCUT2D eigenvalue weighted by Gasteiger charge is -2.42. The Morgan fingerprint density at radius 1 is 1.06 bits per heavy atom. The van der Waals surface area contributed by atoms with E-state index in [2.05, 4.69) is 55.6 Å². The Balaban J connectivity index is 0.00000245. The van der Waals surface area contributed by atoms with Crippen LogP contribution in [0.15, 0.2) is 35.3 Å². The second-order valence-electron chi connectivity index (χ2n) is 9.47. The average Bonchev–Trinajstić information content (AvgIpc) is 3.52. The van der Waals surface area contributed by atoms with Crippen LogP contribution in [0.4, 0.5) is 0 Å². The van der Waals surface area contributed by atoms with Gasteiger partial charge in [0.1, 0.15) is 5.82 Å². The Bertz CT molecular complexity index is 904. The molecule has 0 radical (unpaired) electrons. The van der Waals surface area contributed by atoms with E-state index >= 15 is 0 Å². The highest BCUT2D eigenvalue weighted by Gasteiger charge is 2.42. The first-order valence-corrected chi connectivity index (χ1v) is 11.8. The van der Waals surface area contributed by atoms with E-state index < -0.39 is 0 Å². The molecule has 1 aromatic heterocycles. The van der Waals surface area contributed by atoms with Crippen LogP contribution in [0.25, 0.3) is 0 Å². The number of benzene rings is 1. The SMILES string of the molecule is Cc1nnc(CNC(=NCc2ccccc2)N2CCN(C3CC4CCC3C4)CC2)n1C.I. The van der Waals surface area contributed by atoms with E-state index in [-0.39, 0.29) is 24.0 Å². The Kier molecular flexibility index (Phi) is 7.70. The van der Waals surface area contributed by atoms with E-state index in [4.69, 9.17) is 4.99 Å². The van der Waals surface area contributed by atoms with Crippen molar-refractivity contribution in [3.63, 3.8) is 0 Å². The molecule has 2 aromatic rings. The fourth-order valence-corrected chi connectivity index (χ4v) is 5.70. The van der Waals surface area contributed by atoms with Crippen LogP contribution in [-0.4, -0.2) is 62.7 Å². The lowest BCUT2D eigenvalue weighted by atomic mass is 9.93. The van der Waals surface area contributed by atoms with Crippen molar-refractivity contribution in [2.45, 2.75) is 51.7 Å². The number of aryl methyl sites for hydroxylation is 1. The Labute approximate surface area is 208 Å². The molecule has 3 fully saturated rings. The van der Waals surface area contributed by atoms with Gasteiger partial charge < -0.3 is 14.8 Å². The third-order valence-electron chi connectivity index (χ3n) is 7.63. The number of piperazine rings is 1. The summed E-state index contributed by atoms with van der Waals surface area (Å²) in [6, 6.07) is 11.3. The van der Waals surface area contributed by atoms with Crippen LogP contribution < -0.4 is 5.32 Å². The summed E-state index contributed by atoms with van der Waals surface area (Å²) in [6.07, 6.45) is 5.84. The van der Waals surface area contributed by atoms with Crippen LogP contribution in [0.5, 0.6) is 0 Å². The third kappa shape index (κ3) is 5.11. The zero-order valence-electron chi connectivity index (χ0n) is 19.3. The van der Waals surface area contributed by atoms with Crippen molar-refractivity contribution < 1.29 is 0 Å². The maximum atomic E-state index is 4.99. The van der Waals surface area contributed by atoms with E-state index in [0.29, 0.717) is 13.1 Å². The minimum Gasteiger partial charge on any atom is -0.349 e. The minimum absolute atomic E-state index is 0. The van der Waals surface area contributed by atoms with Gasteiger partial charge in [0.15, 0.2) is 11.8 Å². The topological polar surface area (TPSA) is 61.6 Å². The first-order valence-electron chi connectivity index (χ1n) is 11.8. The molecule has 8 heteroatoms. The smallest absolute Gasteiger partial charge is 0.194 e. The third-order valence-corrected chi connectivity index (χ3v) is 7.63. The van der Waals surface area contributed by atoms with E-state index in [1.807, 2.05) is 18.5 Å². The second kappa shape index (κ2) is 10.5. The molecule has 32 heavy (non-hydrogen) atoms. The molecule has 1 aliphatic heterocycles. The van der Waals surface area contributed by atoms with Crippen molar-refractivity contribution in [1.82, 2.24) is 29.9 Å². The molecule has 2 saturated carbocycles. The van der Waals surface area contributed by atoms with Gasteiger partial charge in [0.05, 0.1) is 13.1 Å². The molecule has 7 nitrogen and oxygen atoms in total. The molecule has 3 atom stereocenters. The van der Waals surface area contributed by atoms with Crippen LogP contribution in [0.3, 0.4) is 0 Å². The number of rotatable bonds is 5. The van der Waals surface area contributed by atoms with Crippen molar-refractivity contribution in [2.75, 3.05) is 26.2 Å². The first kappa shape index (κ1) is 23.5. The quantitative estimate of drug-likeness (QED) is 0.353. The highest BCUT2D eigenvalue weighted by atomic mass is 127. The van der Waals surface area contributed by atoms with E-state index in [9.17, 15) is 0 Å². The molecule has 2 aliphatic carbocycles. The number of aromatic nitrogens is 3. The number of guanidine groups is 1. The summed E-state index contributed by atoms with van der Waals surface area (Å²) in [5.74, 6) is 4.81. The van der Waals surface area contributed by atoms with Gasteiger partial charge in [-0.25, -0.2) is 4.99 Å². The molecule has 174 valence electrons. The van der Waals surface area contributed by atoms with Gasteiger partial charge in [-0.05, 0) is 43.6 Å². The summed E-state index contributed by atoms with van der Waals surface area (Å²) in [5, 5.41) is 12.1. The monoisotopic (exact) mass is 549 g/mol. The molecule has 0 spiro atoms. The van der Waals surface area contributed by atoms with Gasteiger partial charge in [-0.2, -0.15) is 0 Å². The van der Waals surface area contributed by atoms with E-state index in [0.717, 1.165) is 61.7 Å². The zero-order valence-corrected chi connectivity index (χ0v) is 21.6. The predicted molar refractivity (Wildman–Crippen MR) is 138 cm³/mol.